The molecule has 0 fully saturated rings. The van der Waals surface area contributed by atoms with E-state index in [1.807, 2.05) is 18.2 Å². The third-order valence-corrected chi connectivity index (χ3v) is 3.46. The fourth-order valence-corrected chi connectivity index (χ4v) is 2.08. The normalized spacial score (nSPS) is 10.1. The van der Waals surface area contributed by atoms with Crippen LogP contribution >= 0.6 is 38.5 Å². The zero-order valence-electron chi connectivity index (χ0n) is 9.02. The Kier molecular flexibility index (Phi) is 4.12. The molecule has 0 spiro atoms. The minimum atomic E-state index is -0.329. The molecular formula is C11H8BrIN4O. The first-order valence-corrected chi connectivity index (χ1v) is 6.79. The second kappa shape index (κ2) is 5.61. The van der Waals surface area contributed by atoms with Gasteiger partial charge in [0.1, 0.15) is 5.82 Å². The molecule has 92 valence electrons. The number of nitrogens with two attached hydrogens (primary N) is 1. The molecule has 0 aliphatic carbocycles. The number of hydrogen-bond acceptors (Lipinski definition) is 4. The Morgan fingerprint density at radius 2 is 2.06 bits per heavy atom. The molecule has 0 radical (unpaired) electrons. The molecule has 2 aromatic rings. The van der Waals surface area contributed by atoms with Crippen molar-refractivity contribution in [3.63, 3.8) is 0 Å². The number of rotatable bonds is 2. The lowest BCUT2D eigenvalue weighted by Crippen LogP contribution is -2.15. The third-order valence-electron chi connectivity index (χ3n) is 2.09. The fraction of sp³-hybridized carbons (Fsp3) is 0. The van der Waals surface area contributed by atoms with Crippen LogP contribution < -0.4 is 11.1 Å². The maximum absolute atomic E-state index is 11.9. The summed E-state index contributed by atoms with van der Waals surface area (Å²) in [6, 6.07) is 8.72. The Labute approximate surface area is 125 Å². The van der Waals surface area contributed by atoms with Crippen LogP contribution in [0.2, 0.25) is 0 Å². The van der Waals surface area contributed by atoms with Gasteiger partial charge in [0.2, 0.25) is 0 Å². The molecule has 2 rings (SSSR count). The van der Waals surface area contributed by atoms with Gasteiger partial charge in [-0.25, -0.2) is 0 Å². The molecule has 0 aliphatic rings. The van der Waals surface area contributed by atoms with E-state index in [1.54, 1.807) is 0 Å². The van der Waals surface area contributed by atoms with Crippen molar-refractivity contribution in [2.45, 2.75) is 0 Å². The molecule has 1 amide bonds. The zero-order valence-corrected chi connectivity index (χ0v) is 12.8. The van der Waals surface area contributed by atoms with E-state index < -0.39 is 0 Å². The molecule has 0 aliphatic heterocycles. The lowest BCUT2D eigenvalue weighted by Gasteiger charge is -2.07. The van der Waals surface area contributed by atoms with Crippen LogP contribution in [0.15, 0.2) is 34.8 Å². The van der Waals surface area contributed by atoms with E-state index in [1.165, 1.54) is 12.1 Å². The highest BCUT2D eigenvalue weighted by Gasteiger charge is 2.10. The highest BCUT2D eigenvalue weighted by molar-refractivity contribution is 14.1. The second-order valence-corrected chi connectivity index (χ2v) is 5.52. The summed E-state index contributed by atoms with van der Waals surface area (Å²) in [6.07, 6.45) is 0. The summed E-state index contributed by atoms with van der Waals surface area (Å²) in [5.41, 5.74) is 6.31. The lowest BCUT2D eigenvalue weighted by atomic mass is 10.3. The molecule has 0 saturated carbocycles. The van der Waals surface area contributed by atoms with Gasteiger partial charge >= 0.3 is 0 Å². The standard InChI is InChI=1S/C11H8BrIN4O/c12-7-2-1-6(13)5-9(7)15-11(18)8-3-4-10(14)17-16-8/h1-5H,(H2,14,17)(H,15,18). The van der Waals surface area contributed by atoms with Gasteiger partial charge < -0.3 is 11.1 Å². The van der Waals surface area contributed by atoms with Gasteiger partial charge in [0.15, 0.2) is 5.69 Å². The largest absolute Gasteiger partial charge is 0.382 e. The van der Waals surface area contributed by atoms with Gasteiger partial charge in [0, 0.05) is 8.04 Å². The summed E-state index contributed by atoms with van der Waals surface area (Å²) in [4.78, 5) is 11.9. The molecule has 0 unspecified atom stereocenters. The van der Waals surface area contributed by atoms with E-state index in [2.05, 4.69) is 54.0 Å². The van der Waals surface area contributed by atoms with Crippen LogP contribution in [0.3, 0.4) is 0 Å². The highest BCUT2D eigenvalue weighted by Crippen LogP contribution is 2.24. The number of hydrogen-bond donors (Lipinski definition) is 2. The molecular weight excluding hydrogens is 411 g/mol. The Balaban J connectivity index is 2.21. The number of anilines is 2. The highest BCUT2D eigenvalue weighted by atomic mass is 127. The third kappa shape index (κ3) is 3.16. The SMILES string of the molecule is Nc1ccc(C(=O)Nc2cc(I)ccc2Br)nn1. The summed E-state index contributed by atoms with van der Waals surface area (Å²) >= 11 is 5.54. The van der Waals surface area contributed by atoms with Gasteiger partial charge in [-0.2, -0.15) is 0 Å². The average Bonchev–Trinajstić information content (AvgIpc) is 2.34. The van der Waals surface area contributed by atoms with Crippen LogP contribution in [0.25, 0.3) is 0 Å². The number of carbonyl (C=O) groups is 1. The fourth-order valence-electron chi connectivity index (χ4n) is 1.24. The quantitative estimate of drug-likeness (QED) is 0.734. The first-order valence-electron chi connectivity index (χ1n) is 4.92. The Bertz CT molecular complexity index is 588. The molecule has 1 aromatic heterocycles. The van der Waals surface area contributed by atoms with Crippen molar-refractivity contribution in [3.05, 3.63) is 44.1 Å². The van der Waals surface area contributed by atoms with Gasteiger partial charge in [-0.15, -0.1) is 10.2 Å². The van der Waals surface area contributed by atoms with Gasteiger partial charge in [0.25, 0.3) is 5.91 Å². The molecule has 3 N–H and O–H groups in total. The van der Waals surface area contributed by atoms with Crippen LogP contribution in [-0.2, 0) is 0 Å². The molecule has 1 heterocycles. The number of nitrogens with zero attached hydrogens (tertiary/aromatic N) is 2. The number of carbonyl (C=O) groups excluding carboxylic acids is 1. The topological polar surface area (TPSA) is 80.9 Å². The van der Waals surface area contributed by atoms with Crippen LogP contribution in [0.5, 0.6) is 0 Å². The van der Waals surface area contributed by atoms with Crippen LogP contribution in [0.1, 0.15) is 10.5 Å². The average molecular weight is 419 g/mol. The van der Waals surface area contributed by atoms with Crippen molar-refractivity contribution in [3.8, 4) is 0 Å². The summed E-state index contributed by atoms with van der Waals surface area (Å²) in [7, 11) is 0. The Hall–Kier alpha value is -1.22. The minimum Gasteiger partial charge on any atom is -0.382 e. The first kappa shape index (κ1) is 13.2. The maximum atomic E-state index is 11.9. The van der Waals surface area contributed by atoms with Gasteiger partial charge in [0.05, 0.1) is 5.69 Å². The lowest BCUT2D eigenvalue weighted by molar-refractivity contribution is 0.102. The summed E-state index contributed by atoms with van der Waals surface area (Å²) in [6.45, 7) is 0. The molecule has 0 bridgehead atoms. The van der Waals surface area contributed by atoms with Crippen LogP contribution in [-0.4, -0.2) is 16.1 Å². The summed E-state index contributed by atoms with van der Waals surface area (Å²) < 4.78 is 1.83. The van der Waals surface area contributed by atoms with E-state index >= 15 is 0 Å². The molecule has 1 aromatic carbocycles. The molecule has 0 saturated heterocycles. The predicted octanol–water partition coefficient (Wildman–Crippen LogP) is 2.68. The first-order chi connectivity index (χ1) is 8.56. The van der Waals surface area contributed by atoms with Crippen molar-refractivity contribution in [2.75, 3.05) is 11.1 Å². The van der Waals surface area contributed by atoms with E-state index in [4.69, 9.17) is 5.73 Å². The van der Waals surface area contributed by atoms with Crippen molar-refractivity contribution in [1.29, 1.82) is 0 Å². The molecule has 7 heteroatoms. The van der Waals surface area contributed by atoms with Crippen molar-refractivity contribution >= 4 is 55.9 Å². The summed E-state index contributed by atoms with van der Waals surface area (Å²) in [5.74, 6) is -0.0489. The van der Waals surface area contributed by atoms with Gasteiger partial charge in [-0.3, -0.25) is 4.79 Å². The van der Waals surface area contributed by atoms with E-state index in [0.29, 0.717) is 5.69 Å². The number of benzene rings is 1. The van der Waals surface area contributed by atoms with E-state index in [9.17, 15) is 4.79 Å². The van der Waals surface area contributed by atoms with Crippen molar-refractivity contribution < 1.29 is 4.79 Å². The second-order valence-electron chi connectivity index (χ2n) is 3.42. The monoisotopic (exact) mass is 418 g/mol. The molecule has 5 nitrogen and oxygen atoms in total. The number of nitrogens with one attached hydrogen (secondary N) is 1. The van der Waals surface area contributed by atoms with Gasteiger partial charge in [-0.1, -0.05) is 0 Å². The smallest absolute Gasteiger partial charge is 0.276 e. The number of halogens is 2. The Morgan fingerprint density at radius 1 is 1.28 bits per heavy atom. The van der Waals surface area contributed by atoms with E-state index in [0.717, 1.165) is 8.04 Å². The number of nitrogen functional groups attached to an aromatic ring is 1. The van der Waals surface area contributed by atoms with E-state index in [-0.39, 0.29) is 17.4 Å². The number of aromatic nitrogens is 2. The minimum absolute atomic E-state index is 0.218. The predicted molar refractivity (Wildman–Crippen MR) is 81.3 cm³/mol. The van der Waals surface area contributed by atoms with Gasteiger partial charge in [-0.05, 0) is 68.9 Å². The molecule has 18 heavy (non-hydrogen) atoms. The summed E-state index contributed by atoms with van der Waals surface area (Å²) in [5, 5.41) is 10.1. The van der Waals surface area contributed by atoms with Crippen molar-refractivity contribution in [1.82, 2.24) is 10.2 Å². The zero-order chi connectivity index (χ0) is 13.1. The van der Waals surface area contributed by atoms with Crippen LogP contribution in [0, 0.1) is 3.57 Å². The Morgan fingerprint density at radius 3 is 2.72 bits per heavy atom. The number of amides is 1. The maximum Gasteiger partial charge on any atom is 0.276 e. The molecule has 0 atom stereocenters. The van der Waals surface area contributed by atoms with Crippen LogP contribution in [0.4, 0.5) is 11.5 Å². The van der Waals surface area contributed by atoms with Crippen molar-refractivity contribution in [2.24, 2.45) is 0 Å².